The van der Waals surface area contributed by atoms with E-state index in [4.69, 9.17) is 9.73 Å². The summed E-state index contributed by atoms with van der Waals surface area (Å²) in [5, 5.41) is 0. The van der Waals surface area contributed by atoms with Crippen LogP contribution in [0.1, 0.15) is 53.0 Å². The highest BCUT2D eigenvalue weighted by Gasteiger charge is 2.37. The van der Waals surface area contributed by atoms with Crippen molar-refractivity contribution in [3.8, 4) is 0 Å². The van der Waals surface area contributed by atoms with Crippen LogP contribution in [0.15, 0.2) is 69.1 Å². The first-order valence-corrected chi connectivity index (χ1v) is 16.1. The van der Waals surface area contributed by atoms with Crippen LogP contribution in [0.2, 0.25) is 0 Å². The molecule has 1 saturated heterocycles. The summed E-state index contributed by atoms with van der Waals surface area (Å²) >= 11 is 0. The van der Waals surface area contributed by atoms with Crippen LogP contribution in [0.5, 0.6) is 0 Å². The van der Waals surface area contributed by atoms with Gasteiger partial charge in [0.25, 0.3) is 0 Å². The Morgan fingerprint density at radius 3 is 2.48 bits per heavy atom. The number of carbonyl (C=O) groups is 2. The first-order valence-electron chi connectivity index (χ1n) is 14.1. The molecule has 1 aromatic carbocycles. The highest BCUT2D eigenvalue weighted by molar-refractivity contribution is 8.23. The third kappa shape index (κ3) is 6.70. The molecule has 0 bridgehead atoms. The third-order valence-electron chi connectivity index (χ3n) is 7.76. The normalized spacial score (nSPS) is 22.1. The molecule has 2 heterocycles. The number of hydrogen-bond acceptors (Lipinski definition) is 7. The zero-order valence-electron chi connectivity index (χ0n) is 24.5. The molecule has 1 aliphatic carbocycles. The lowest BCUT2D eigenvalue weighted by atomic mass is 9.77. The maximum absolute atomic E-state index is 14.1. The van der Waals surface area contributed by atoms with Crippen LogP contribution in [0.25, 0.3) is 0 Å². The van der Waals surface area contributed by atoms with Gasteiger partial charge in [0.1, 0.15) is 5.84 Å². The minimum absolute atomic E-state index is 0.0987. The molecule has 2 aliphatic heterocycles. The predicted octanol–water partition coefficient (Wildman–Crippen LogP) is 6.30. The average molecular weight is 570 g/mol. The van der Waals surface area contributed by atoms with Gasteiger partial charge in [-0.1, -0.05) is 42.8 Å². The van der Waals surface area contributed by atoms with E-state index >= 15 is 0 Å². The first-order chi connectivity index (χ1) is 18.9. The van der Waals surface area contributed by atoms with E-state index in [1.54, 1.807) is 11.0 Å². The Bertz CT molecular complexity index is 1250. The molecule has 1 aromatic rings. The number of rotatable bonds is 7. The van der Waals surface area contributed by atoms with Gasteiger partial charge in [0.2, 0.25) is 0 Å². The maximum atomic E-state index is 14.1. The summed E-state index contributed by atoms with van der Waals surface area (Å²) < 4.78 is 26.2. The summed E-state index contributed by atoms with van der Waals surface area (Å²) in [6, 6.07) is 7.21. The number of likely N-dealkylation sites (tertiary alicyclic amines) is 1. The molecule has 218 valence electrons. The number of likely N-dealkylation sites (N-methyl/N-ethyl adjacent to an activating group) is 1. The van der Waals surface area contributed by atoms with Crippen LogP contribution in [-0.4, -0.2) is 74.7 Å². The molecule has 4 rings (SSSR count). The highest BCUT2D eigenvalue weighted by Crippen LogP contribution is 2.46. The fourth-order valence-corrected chi connectivity index (χ4v) is 6.73. The number of amides is 1. The Morgan fingerprint density at radius 2 is 1.85 bits per heavy atom. The van der Waals surface area contributed by atoms with Gasteiger partial charge in [-0.3, -0.25) is 18.9 Å². The zero-order valence-corrected chi connectivity index (χ0v) is 25.3. The molecule has 2 unspecified atom stereocenters. The lowest BCUT2D eigenvalue weighted by Gasteiger charge is -2.37. The van der Waals surface area contributed by atoms with Crippen molar-refractivity contribution in [1.29, 1.82) is 0 Å². The van der Waals surface area contributed by atoms with Gasteiger partial charge in [0.15, 0.2) is 5.78 Å². The van der Waals surface area contributed by atoms with Crippen molar-refractivity contribution in [3.63, 3.8) is 0 Å². The lowest BCUT2D eigenvalue weighted by molar-refractivity contribution is -0.120. The van der Waals surface area contributed by atoms with Crippen molar-refractivity contribution in [3.05, 3.63) is 64.8 Å². The Morgan fingerprint density at radius 1 is 1.18 bits per heavy atom. The van der Waals surface area contributed by atoms with Gasteiger partial charge < -0.3 is 14.5 Å². The van der Waals surface area contributed by atoms with Crippen LogP contribution in [0.3, 0.4) is 0 Å². The van der Waals surface area contributed by atoms with E-state index in [0.717, 1.165) is 22.5 Å². The molecule has 1 amide bonds. The number of dihydropyridines is 1. The van der Waals surface area contributed by atoms with Crippen LogP contribution < -0.4 is 0 Å². The molecule has 0 radical (unpaired) electrons. The summed E-state index contributed by atoms with van der Waals surface area (Å²) in [7, 11) is -2.90. The largest absolute Gasteiger partial charge is 0.447 e. The summed E-state index contributed by atoms with van der Waals surface area (Å²) in [4.78, 5) is 35.9. The van der Waals surface area contributed by atoms with Gasteiger partial charge in [0.05, 0.1) is 17.0 Å². The van der Waals surface area contributed by atoms with E-state index < -0.39 is 10.6 Å². The molecule has 8 nitrogen and oxygen atoms in total. The van der Waals surface area contributed by atoms with Gasteiger partial charge in [0, 0.05) is 49.8 Å². The Kier molecular flexibility index (Phi) is 9.27. The minimum Gasteiger partial charge on any atom is -0.447 e. The zero-order chi connectivity index (χ0) is 29.2. The molecule has 9 heteroatoms. The second-order valence-electron chi connectivity index (χ2n) is 11.4. The molecule has 2 atom stereocenters. The van der Waals surface area contributed by atoms with Crippen LogP contribution in [0.4, 0.5) is 4.79 Å². The number of nitrogens with zero attached hydrogens (tertiary/aromatic N) is 3. The van der Waals surface area contributed by atoms with Gasteiger partial charge in [-0.25, -0.2) is 4.79 Å². The number of ether oxygens (including phenoxy) is 1. The molecular weight excluding hydrogens is 526 g/mol. The number of aliphatic imine (C=N–C) groups is 1. The van der Waals surface area contributed by atoms with Crippen LogP contribution in [0, 0.1) is 11.8 Å². The molecule has 3 aliphatic rings. The van der Waals surface area contributed by atoms with Crippen molar-refractivity contribution in [2.75, 3.05) is 25.9 Å². The number of carbonyl (C=O) groups excluding carboxylic acids is 2. The summed E-state index contributed by atoms with van der Waals surface area (Å²) in [5.74, 6) is 0.781. The fraction of sp³-hybridized carbons (Fsp3) is 0.516. The number of allylic oxidation sites excluding steroid dienone is 2. The quantitative estimate of drug-likeness (QED) is 0.399. The monoisotopic (exact) mass is 569 g/mol. The van der Waals surface area contributed by atoms with Crippen molar-refractivity contribution in [2.45, 2.75) is 71.0 Å². The lowest BCUT2D eigenvalue weighted by Crippen LogP contribution is -2.42. The molecule has 0 saturated carbocycles. The van der Waals surface area contributed by atoms with E-state index in [1.807, 2.05) is 45.0 Å². The van der Waals surface area contributed by atoms with E-state index in [-0.39, 0.29) is 35.9 Å². The van der Waals surface area contributed by atoms with E-state index in [2.05, 4.69) is 30.9 Å². The smallest absolute Gasteiger partial charge is 0.410 e. The van der Waals surface area contributed by atoms with Gasteiger partial charge in [-0.15, -0.1) is 0 Å². The van der Waals surface area contributed by atoms with Crippen LogP contribution >= 0.6 is 10.6 Å². The number of hydrogen-bond donors (Lipinski definition) is 2. The highest BCUT2D eigenvalue weighted by atomic mass is 32.3. The molecule has 2 N–H and O–H groups in total. The number of amidine groups is 1. The number of Topliss-reactive ketones (excluding diaryl/α,β-unsaturated/α-hetero) is 1. The van der Waals surface area contributed by atoms with Gasteiger partial charge in [-0.2, -0.15) is 10.6 Å². The second kappa shape index (κ2) is 12.3. The summed E-state index contributed by atoms with van der Waals surface area (Å²) in [5.41, 5.74) is 3.60. The molecule has 40 heavy (non-hydrogen) atoms. The van der Waals surface area contributed by atoms with Gasteiger partial charge in [-0.05, 0) is 63.8 Å². The van der Waals surface area contributed by atoms with Crippen LogP contribution in [-0.2, 0) is 16.1 Å². The van der Waals surface area contributed by atoms with Crippen molar-refractivity contribution < 1.29 is 23.4 Å². The van der Waals surface area contributed by atoms with Gasteiger partial charge >= 0.3 is 6.09 Å². The van der Waals surface area contributed by atoms with Crippen molar-refractivity contribution >= 4 is 28.3 Å². The second-order valence-corrected chi connectivity index (χ2v) is 13.5. The Hall–Kier alpha value is -2.88. The molecule has 0 aromatic heterocycles. The van der Waals surface area contributed by atoms with E-state index in [9.17, 15) is 18.7 Å². The standard InChI is InChI=1S/C31H43N3O5S/c1-7-33(19-24-10-8-9-11-27(24)40(6,37)38)28-18-26(25-17-21(4)16-22(5)29(25)32-28)30(35)23-12-14-34(15-13-23)31(36)39-20(2)3/h8-11,16-18,20,22-23,29,37-38H,7,12-15,19H2,1-6H3. The Labute approximate surface area is 239 Å². The van der Waals surface area contributed by atoms with Crippen molar-refractivity contribution in [1.82, 2.24) is 9.80 Å². The fourth-order valence-electron chi connectivity index (χ4n) is 5.76. The molecule has 1 fully saturated rings. The average Bonchev–Trinajstić information content (AvgIpc) is 2.90. The predicted molar refractivity (Wildman–Crippen MR) is 161 cm³/mol. The Balaban J connectivity index is 1.62. The SMILES string of the molecule is CCN(Cc1ccccc1S(C)(O)O)C1=NC2C(=CC(C)=CC2C)C(C(=O)C2CCN(C(=O)OC(C)C)CC2)=C1. The minimum atomic E-state index is -2.90. The van der Waals surface area contributed by atoms with Crippen molar-refractivity contribution in [2.24, 2.45) is 16.8 Å². The number of fused-ring (bicyclic) bond motifs is 1. The van der Waals surface area contributed by atoms with E-state index in [0.29, 0.717) is 49.5 Å². The number of ketones is 1. The number of benzene rings is 1. The first kappa shape index (κ1) is 30.1. The summed E-state index contributed by atoms with van der Waals surface area (Å²) in [6.45, 7) is 12.0. The number of piperidine rings is 1. The summed E-state index contributed by atoms with van der Waals surface area (Å²) in [6.07, 6.45) is 8.34. The maximum Gasteiger partial charge on any atom is 0.410 e. The third-order valence-corrected chi connectivity index (χ3v) is 8.99. The van der Waals surface area contributed by atoms with E-state index in [1.165, 1.54) is 6.26 Å². The topological polar surface area (TPSA) is 103 Å². The molecule has 0 spiro atoms. The molecular formula is C31H43N3O5S.